The number of amides is 2. The average molecular weight is 540 g/mol. The first-order chi connectivity index (χ1) is 17.6. The van der Waals surface area contributed by atoms with Crippen LogP contribution in [0.4, 0.5) is 24.8 Å². The highest BCUT2D eigenvalue weighted by atomic mass is 32.1. The van der Waals surface area contributed by atoms with E-state index in [4.69, 9.17) is 4.74 Å². The first-order valence-corrected chi connectivity index (χ1v) is 12.0. The van der Waals surface area contributed by atoms with Crippen LogP contribution >= 0.6 is 11.3 Å². The van der Waals surface area contributed by atoms with Crippen molar-refractivity contribution in [3.8, 4) is 6.07 Å². The lowest BCUT2D eigenvalue weighted by Crippen LogP contribution is -2.41. The quantitative estimate of drug-likeness (QED) is 0.419. The van der Waals surface area contributed by atoms with Crippen molar-refractivity contribution in [3.63, 3.8) is 0 Å². The molecule has 198 valence electrons. The molecule has 1 fully saturated rings. The molecule has 2 amide bonds. The van der Waals surface area contributed by atoms with E-state index in [0.717, 1.165) is 15.9 Å². The van der Waals surface area contributed by atoms with Gasteiger partial charge in [-0.3, -0.25) is 23.9 Å². The summed E-state index contributed by atoms with van der Waals surface area (Å²) in [5.74, 6) is -0.887. The maximum Gasteiger partial charge on any atom is 0.405 e. The predicted octanol–water partition coefficient (Wildman–Crippen LogP) is -0.202. The summed E-state index contributed by atoms with van der Waals surface area (Å²) < 4.78 is 43.8. The Hall–Kier alpha value is -3.74. The summed E-state index contributed by atoms with van der Waals surface area (Å²) in [6.45, 7) is 2.71. The monoisotopic (exact) mass is 539 g/mol. The average Bonchev–Trinajstić information content (AvgIpc) is 3.17. The molecule has 0 aliphatic carbocycles. The van der Waals surface area contributed by atoms with Crippen LogP contribution in [0.1, 0.15) is 6.92 Å². The molecule has 0 radical (unpaired) electrons. The number of hydrogen-bond donors (Lipinski definition) is 3. The molecule has 3 heterocycles. The highest BCUT2D eigenvalue weighted by Crippen LogP contribution is 2.12. The summed E-state index contributed by atoms with van der Waals surface area (Å²) in [7, 11) is 0. The van der Waals surface area contributed by atoms with Crippen LogP contribution in [-0.2, 0) is 20.9 Å². The molecule has 2 aromatic rings. The third-order valence-electron chi connectivity index (χ3n) is 5.06. The number of carbonyl (C=O) groups excluding carboxylic acids is 2. The van der Waals surface area contributed by atoms with Crippen LogP contribution in [0.2, 0.25) is 0 Å². The molecule has 0 bridgehead atoms. The van der Waals surface area contributed by atoms with Gasteiger partial charge in [-0.1, -0.05) is 6.07 Å². The van der Waals surface area contributed by atoms with Crippen LogP contribution in [-0.4, -0.2) is 71.8 Å². The standard InChI is InChI=1S/C22H24F3N7O4S/c1-2-32-20(35)15(37-21(32)14(10-26)19(34)28-13-22(23,24)25)11-27-16-4-3-5-17(29-16)30-18(33)12-31-6-8-36-9-7-31/h3-5,11H,2,6-9,12-13H2,1H3,(H,28,34)(H2,27,29,30,33). The second-order valence-corrected chi connectivity index (χ2v) is 8.77. The van der Waals surface area contributed by atoms with Gasteiger partial charge in [0, 0.05) is 25.8 Å². The Morgan fingerprint density at radius 2 is 1.97 bits per heavy atom. The number of hydrogen-bond acceptors (Lipinski definition) is 9. The molecule has 0 saturated carbocycles. The highest BCUT2D eigenvalue weighted by molar-refractivity contribution is 7.07. The van der Waals surface area contributed by atoms with Gasteiger partial charge < -0.3 is 20.7 Å². The van der Waals surface area contributed by atoms with Crippen LogP contribution < -0.4 is 30.7 Å². The minimum atomic E-state index is -4.65. The summed E-state index contributed by atoms with van der Waals surface area (Å²) in [5.41, 5.74) is -1.14. The summed E-state index contributed by atoms with van der Waals surface area (Å²) >= 11 is 0.776. The zero-order valence-electron chi connectivity index (χ0n) is 19.7. The molecule has 1 aliphatic rings. The fraction of sp³-hybridized carbons (Fsp3) is 0.409. The number of nitrogens with zero attached hydrogens (tertiary/aromatic N) is 4. The number of nitriles is 1. The lowest BCUT2D eigenvalue weighted by Gasteiger charge is -2.25. The molecule has 0 unspecified atom stereocenters. The molecule has 3 rings (SSSR count). The van der Waals surface area contributed by atoms with Gasteiger partial charge in [0.2, 0.25) is 5.91 Å². The minimum Gasteiger partial charge on any atom is -0.379 e. The Labute approximate surface area is 212 Å². The van der Waals surface area contributed by atoms with Crippen molar-refractivity contribution in [3.05, 3.63) is 37.7 Å². The fourth-order valence-corrected chi connectivity index (χ4v) is 4.41. The first-order valence-electron chi connectivity index (χ1n) is 11.1. The summed E-state index contributed by atoms with van der Waals surface area (Å²) in [6.07, 6.45) is -3.34. The van der Waals surface area contributed by atoms with Gasteiger partial charge in [0.25, 0.3) is 11.5 Å². The Kier molecular flexibility index (Phi) is 9.39. The topological polar surface area (TPSA) is 141 Å². The summed E-state index contributed by atoms with van der Waals surface area (Å²) in [5, 5.41) is 16.6. The van der Waals surface area contributed by atoms with E-state index in [2.05, 4.69) is 15.6 Å². The van der Waals surface area contributed by atoms with Crippen LogP contribution in [0, 0.1) is 11.3 Å². The zero-order chi connectivity index (χ0) is 27.0. The van der Waals surface area contributed by atoms with Crippen LogP contribution in [0.25, 0.3) is 11.8 Å². The van der Waals surface area contributed by atoms with Crippen molar-refractivity contribution >= 4 is 46.6 Å². The van der Waals surface area contributed by atoms with E-state index in [-0.39, 0.29) is 34.0 Å². The number of carbonyl (C=O) groups is 2. The number of ether oxygens (including phenoxy) is 1. The van der Waals surface area contributed by atoms with E-state index in [9.17, 15) is 32.8 Å². The van der Waals surface area contributed by atoms with Crippen molar-refractivity contribution in [2.75, 3.05) is 50.0 Å². The lowest BCUT2D eigenvalue weighted by atomic mass is 10.3. The van der Waals surface area contributed by atoms with Gasteiger partial charge in [0.15, 0.2) is 5.57 Å². The Morgan fingerprint density at radius 3 is 2.62 bits per heavy atom. The first kappa shape index (κ1) is 27.8. The van der Waals surface area contributed by atoms with Crippen molar-refractivity contribution < 1.29 is 27.5 Å². The Balaban J connectivity index is 1.80. The summed E-state index contributed by atoms with van der Waals surface area (Å²) in [4.78, 5) is 43.5. The smallest absolute Gasteiger partial charge is 0.379 e. The van der Waals surface area contributed by atoms with Gasteiger partial charge in [-0.2, -0.15) is 18.4 Å². The van der Waals surface area contributed by atoms with Gasteiger partial charge in [-0.15, -0.1) is 11.3 Å². The molecular weight excluding hydrogens is 515 g/mol. The second-order valence-electron chi connectivity index (χ2n) is 7.74. The van der Waals surface area contributed by atoms with E-state index in [0.29, 0.717) is 32.1 Å². The number of rotatable bonds is 8. The van der Waals surface area contributed by atoms with Crippen molar-refractivity contribution in [2.24, 2.45) is 0 Å². The maximum atomic E-state index is 12.8. The Bertz CT molecular complexity index is 1360. The predicted molar refractivity (Wildman–Crippen MR) is 130 cm³/mol. The minimum absolute atomic E-state index is 0.0696. The number of pyridine rings is 1. The number of morpholine rings is 1. The number of nitrogens with one attached hydrogen (secondary N) is 3. The molecule has 0 spiro atoms. The SMILES string of the molecule is CCn1c(=C(C#N)C(=O)NCC(F)(F)F)sc(=CNc2cccc(NC(=O)CN3CCOCC3)n2)c1=O. The molecule has 11 nitrogen and oxygen atoms in total. The number of aromatic nitrogens is 2. The van der Waals surface area contributed by atoms with Gasteiger partial charge >= 0.3 is 6.18 Å². The number of halogens is 3. The van der Waals surface area contributed by atoms with Crippen LogP contribution in [0.5, 0.6) is 0 Å². The molecule has 1 saturated heterocycles. The fourth-order valence-electron chi connectivity index (χ4n) is 3.33. The van der Waals surface area contributed by atoms with E-state index in [1.807, 2.05) is 4.90 Å². The normalized spacial score (nSPS) is 15.6. The van der Waals surface area contributed by atoms with Crippen LogP contribution in [0.3, 0.4) is 0 Å². The second kappa shape index (κ2) is 12.5. The molecule has 37 heavy (non-hydrogen) atoms. The van der Waals surface area contributed by atoms with E-state index < -0.39 is 29.8 Å². The van der Waals surface area contributed by atoms with E-state index in [1.165, 1.54) is 6.20 Å². The third kappa shape index (κ3) is 7.87. The number of thiazole rings is 1. The number of anilines is 2. The van der Waals surface area contributed by atoms with E-state index in [1.54, 1.807) is 36.5 Å². The lowest BCUT2D eigenvalue weighted by molar-refractivity contribution is -0.135. The largest absolute Gasteiger partial charge is 0.405 e. The van der Waals surface area contributed by atoms with E-state index >= 15 is 0 Å². The maximum absolute atomic E-state index is 12.8. The van der Waals surface area contributed by atoms with Crippen molar-refractivity contribution in [1.82, 2.24) is 19.8 Å². The highest BCUT2D eigenvalue weighted by Gasteiger charge is 2.29. The van der Waals surface area contributed by atoms with Gasteiger partial charge in [0.1, 0.15) is 33.4 Å². The van der Waals surface area contributed by atoms with Gasteiger partial charge in [-0.05, 0) is 19.1 Å². The molecule has 2 aromatic heterocycles. The molecule has 15 heteroatoms. The van der Waals surface area contributed by atoms with Crippen molar-refractivity contribution in [1.29, 1.82) is 5.26 Å². The molecule has 3 N–H and O–H groups in total. The number of alkyl halides is 3. The Morgan fingerprint density at radius 1 is 1.27 bits per heavy atom. The molecule has 0 aromatic carbocycles. The summed E-state index contributed by atoms with van der Waals surface area (Å²) in [6, 6.07) is 6.43. The van der Waals surface area contributed by atoms with Gasteiger partial charge in [0.05, 0.1) is 19.8 Å². The molecular formula is C22H24F3N7O4S. The third-order valence-corrected chi connectivity index (χ3v) is 6.19. The molecule has 1 aliphatic heterocycles. The van der Waals surface area contributed by atoms with Crippen molar-refractivity contribution in [2.45, 2.75) is 19.6 Å². The molecule has 0 atom stereocenters. The zero-order valence-corrected chi connectivity index (χ0v) is 20.5. The van der Waals surface area contributed by atoms with Gasteiger partial charge in [-0.25, -0.2) is 4.98 Å². The van der Waals surface area contributed by atoms with Crippen LogP contribution in [0.15, 0.2) is 23.0 Å².